The Morgan fingerprint density at radius 2 is 0.957 bits per heavy atom. The summed E-state index contributed by atoms with van der Waals surface area (Å²) in [6, 6.07) is -26.0. The number of benzene rings is 7. The van der Waals surface area contributed by atoms with Gasteiger partial charge in [-0.05, 0) is 63.4 Å². The molecular formula is C44H28N2O. The SMILES string of the molecule is [2H]c1c(-c2c([2H])c([2H])c(-c3c([2H])c([2H])c4c(c3[2H])-c3c([2H])c([2H])c([2H])c5c([2H])c([2H])c([2H])c(c35)O4)c([2H])c2[2H])nc(-c2c([2H])c([2H])c([2H])c([2H])c2[2H])nc1-c1c([2H])c([2H])c([2H])c(-c2c([2H])c([2H])c([2H])c([2H])c2[2H])c1[2H]. The van der Waals surface area contributed by atoms with Crippen LogP contribution in [-0.2, 0) is 0 Å². The highest BCUT2D eigenvalue weighted by Gasteiger charge is 2.20. The second kappa shape index (κ2) is 11.2. The Balaban J connectivity index is 1.39. The quantitative estimate of drug-likeness (QED) is 0.190. The molecule has 220 valence electrons. The third-order valence-electron chi connectivity index (χ3n) is 6.82. The second-order valence-corrected chi connectivity index (χ2v) is 9.63. The first kappa shape index (κ1) is 10.9. The van der Waals surface area contributed by atoms with Crippen LogP contribution in [-0.4, -0.2) is 9.97 Å². The van der Waals surface area contributed by atoms with Crippen molar-refractivity contribution in [3.8, 4) is 78.8 Å². The fourth-order valence-corrected chi connectivity index (χ4v) is 4.71. The van der Waals surface area contributed by atoms with Crippen molar-refractivity contribution in [2.24, 2.45) is 0 Å². The van der Waals surface area contributed by atoms with E-state index in [0.717, 1.165) is 0 Å². The van der Waals surface area contributed by atoms with E-state index in [1.165, 1.54) is 0 Å². The van der Waals surface area contributed by atoms with Gasteiger partial charge in [-0.1, -0.05) is 139 Å². The molecular weight excluding hydrogens is 572 g/mol. The normalized spacial score (nSPS) is 19.9. The minimum Gasteiger partial charge on any atom is -0.456 e. The van der Waals surface area contributed by atoms with Crippen LogP contribution in [0.5, 0.6) is 11.5 Å². The third kappa shape index (κ3) is 4.95. The van der Waals surface area contributed by atoms with Gasteiger partial charge in [0.15, 0.2) is 5.82 Å². The molecule has 47 heavy (non-hydrogen) atoms. The molecule has 0 unspecified atom stereocenters. The molecule has 1 aliphatic rings. The van der Waals surface area contributed by atoms with Gasteiger partial charge in [-0.3, -0.25) is 0 Å². The van der Waals surface area contributed by atoms with E-state index in [1.807, 2.05) is 0 Å². The topological polar surface area (TPSA) is 35.0 Å². The third-order valence-corrected chi connectivity index (χ3v) is 6.82. The molecule has 0 fully saturated rings. The molecule has 0 bridgehead atoms. The molecule has 9 rings (SSSR count). The van der Waals surface area contributed by atoms with Crippen molar-refractivity contribution < 1.29 is 43.1 Å². The Labute approximate surface area is 312 Å². The van der Waals surface area contributed by atoms with Crippen LogP contribution in [0.3, 0.4) is 0 Å². The van der Waals surface area contributed by atoms with Crippen molar-refractivity contribution >= 4 is 10.8 Å². The summed E-state index contributed by atoms with van der Waals surface area (Å²) in [4.78, 5) is 8.49. The summed E-state index contributed by atoms with van der Waals surface area (Å²) in [5.74, 6) is -2.08. The van der Waals surface area contributed by atoms with Crippen molar-refractivity contribution in [1.29, 1.82) is 0 Å². The van der Waals surface area contributed by atoms with Crippen molar-refractivity contribution in [3.05, 3.63) is 169 Å². The van der Waals surface area contributed by atoms with Crippen molar-refractivity contribution in [1.82, 2.24) is 9.97 Å². The minimum atomic E-state index is -1.11. The zero-order valence-corrected chi connectivity index (χ0v) is 23.3. The van der Waals surface area contributed by atoms with Gasteiger partial charge in [0.2, 0.25) is 0 Å². The van der Waals surface area contributed by atoms with E-state index in [0.29, 0.717) is 0 Å². The van der Waals surface area contributed by atoms with E-state index >= 15 is 0 Å². The highest BCUT2D eigenvalue weighted by Crippen LogP contribution is 2.47. The lowest BCUT2D eigenvalue weighted by molar-refractivity contribution is 0.487. The van der Waals surface area contributed by atoms with Crippen molar-refractivity contribution in [2.45, 2.75) is 0 Å². The van der Waals surface area contributed by atoms with Crippen LogP contribution in [0, 0.1) is 0 Å². The molecule has 1 aromatic heterocycles. The summed E-state index contributed by atoms with van der Waals surface area (Å²) in [5.41, 5.74) is -8.70. The van der Waals surface area contributed by atoms with Crippen LogP contribution >= 0.6 is 0 Å². The first-order valence-corrected chi connectivity index (χ1v) is 13.6. The van der Waals surface area contributed by atoms with Gasteiger partial charge in [-0.15, -0.1) is 0 Å². The molecule has 0 N–H and O–H groups in total. The monoisotopic (exact) mass is 628 g/mol. The van der Waals surface area contributed by atoms with E-state index in [-0.39, 0.29) is 5.39 Å². The molecule has 8 aromatic rings. The number of fused-ring (bicyclic) bond motifs is 2. The summed E-state index contributed by atoms with van der Waals surface area (Å²) in [7, 11) is 0. The van der Waals surface area contributed by atoms with E-state index < -0.39 is 253 Å². The Bertz CT molecular complexity index is 3930. The highest BCUT2D eigenvalue weighted by molar-refractivity contribution is 6.04. The maximum Gasteiger partial charge on any atom is 0.160 e. The molecule has 0 amide bonds. The maximum absolute atomic E-state index is 9.51. The lowest BCUT2D eigenvalue weighted by atomic mass is 9.92. The first-order valence-electron chi connectivity index (χ1n) is 27.6. The van der Waals surface area contributed by atoms with Gasteiger partial charge in [0.1, 0.15) is 11.5 Å². The van der Waals surface area contributed by atoms with Gasteiger partial charge in [0.05, 0.1) is 49.8 Å². The van der Waals surface area contributed by atoms with Crippen LogP contribution in [0.15, 0.2) is 169 Å². The smallest absolute Gasteiger partial charge is 0.160 e. The molecule has 2 heterocycles. The molecule has 3 heteroatoms. The average Bonchev–Trinajstić information content (AvgIpc) is 3.37. The van der Waals surface area contributed by atoms with E-state index in [4.69, 9.17) is 33.5 Å². The van der Waals surface area contributed by atoms with Gasteiger partial charge in [0.25, 0.3) is 0 Å². The molecule has 0 saturated heterocycles. The molecule has 0 spiro atoms. The predicted octanol–water partition coefficient (Wildman–Crippen LogP) is 11.7. The fraction of sp³-hybridized carbons (Fsp3) is 0. The molecule has 1 aliphatic heterocycles. The van der Waals surface area contributed by atoms with Crippen molar-refractivity contribution in [3.63, 3.8) is 0 Å². The number of aromatic nitrogens is 2. The van der Waals surface area contributed by atoms with Crippen LogP contribution in [0.25, 0.3) is 78.1 Å². The van der Waals surface area contributed by atoms with Crippen LogP contribution < -0.4 is 4.74 Å². The number of hydrogen-bond donors (Lipinski definition) is 0. The van der Waals surface area contributed by atoms with Crippen LogP contribution in [0.1, 0.15) is 38.4 Å². The average molecular weight is 629 g/mol. The molecule has 0 atom stereocenters. The van der Waals surface area contributed by atoms with Crippen molar-refractivity contribution in [2.75, 3.05) is 0 Å². The van der Waals surface area contributed by atoms with E-state index in [1.54, 1.807) is 0 Å². The van der Waals surface area contributed by atoms with Crippen LogP contribution in [0.4, 0.5) is 0 Å². The standard InChI is InChI=1S/C44H28N2O/c1-3-10-29(11-4-1)34-16-7-17-36(26-34)40-28-39(45-44(46-40)33-12-5-2-6-13-33)31-22-20-30(21-23-31)35-24-25-41-38(27-35)37-18-8-14-32-15-9-19-42(47-41)43(32)37/h1-28H/i1D,2D,3D,4D,5D,6D,7D,8D,9D,10D,11D,12D,13D,14D,15D,16D,17D,18D,19D,20D,21D,22D,23D,24D,25D,26D,27D,28D. The Kier molecular flexibility index (Phi) is 2.60. The molecule has 3 nitrogen and oxygen atoms in total. The first-order chi connectivity index (χ1) is 34.9. The zero-order valence-electron chi connectivity index (χ0n) is 51.3. The van der Waals surface area contributed by atoms with E-state index in [9.17, 15) is 9.60 Å². The number of hydrogen-bond acceptors (Lipinski definition) is 3. The van der Waals surface area contributed by atoms with E-state index in [2.05, 4.69) is 9.97 Å². The molecule has 7 aromatic carbocycles. The predicted molar refractivity (Wildman–Crippen MR) is 192 cm³/mol. The van der Waals surface area contributed by atoms with Gasteiger partial charge < -0.3 is 4.74 Å². The Morgan fingerprint density at radius 1 is 0.383 bits per heavy atom. The van der Waals surface area contributed by atoms with Crippen LogP contribution in [0.2, 0.25) is 0 Å². The molecule has 0 radical (unpaired) electrons. The Hall–Kier alpha value is -6.32. The molecule has 0 aliphatic carbocycles. The zero-order chi connectivity index (χ0) is 55.5. The highest BCUT2D eigenvalue weighted by atomic mass is 16.5. The Morgan fingerprint density at radius 3 is 1.74 bits per heavy atom. The van der Waals surface area contributed by atoms with Gasteiger partial charge in [-0.2, -0.15) is 0 Å². The van der Waals surface area contributed by atoms with Gasteiger partial charge in [0, 0.05) is 27.6 Å². The fourth-order valence-electron chi connectivity index (χ4n) is 4.71. The second-order valence-electron chi connectivity index (χ2n) is 9.63. The number of nitrogens with zero attached hydrogens (tertiary/aromatic N) is 2. The summed E-state index contributed by atoms with van der Waals surface area (Å²) < 4.78 is 252. The van der Waals surface area contributed by atoms with Gasteiger partial charge in [-0.25, -0.2) is 9.97 Å². The minimum absolute atomic E-state index is 0.328. The lowest BCUT2D eigenvalue weighted by Gasteiger charge is -2.22. The summed E-state index contributed by atoms with van der Waals surface area (Å²) in [6.07, 6.45) is 0. The van der Waals surface area contributed by atoms with Gasteiger partial charge >= 0.3 is 0 Å². The lowest BCUT2D eigenvalue weighted by Crippen LogP contribution is -1.97. The maximum atomic E-state index is 9.51. The molecule has 0 saturated carbocycles. The summed E-state index contributed by atoms with van der Waals surface area (Å²) in [5, 5.41) is -0.748. The summed E-state index contributed by atoms with van der Waals surface area (Å²) >= 11 is 0. The summed E-state index contributed by atoms with van der Waals surface area (Å²) in [6.45, 7) is 0. The number of rotatable bonds is 5. The number of ether oxygens (including phenoxy) is 1. The largest absolute Gasteiger partial charge is 0.456 e.